The van der Waals surface area contributed by atoms with Crippen molar-refractivity contribution in [3.8, 4) is 0 Å². The molecule has 1 aliphatic rings. The fraction of sp³-hybridized carbons (Fsp3) is 0.500. The third-order valence-electron chi connectivity index (χ3n) is 6.38. The minimum absolute atomic E-state index is 0.149. The normalized spacial score (nSPS) is 16.4. The summed E-state index contributed by atoms with van der Waals surface area (Å²) in [4.78, 5) is 15.8. The van der Waals surface area contributed by atoms with Gasteiger partial charge in [-0.1, -0.05) is 31.5 Å². The molecule has 9 nitrogen and oxygen atoms in total. The maximum atomic E-state index is 12.9. The Bertz CT molecular complexity index is 1130. The Morgan fingerprint density at radius 3 is 2.26 bits per heavy atom. The van der Waals surface area contributed by atoms with Gasteiger partial charge in [0.05, 0.1) is 15.5 Å². The quantitative estimate of drug-likeness (QED) is 0.408. The van der Waals surface area contributed by atoms with E-state index in [0.717, 1.165) is 43.4 Å². The van der Waals surface area contributed by atoms with Crippen molar-refractivity contribution in [1.29, 1.82) is 0 Å². The Kier molecular flexibility index (Phi) is 8.17. The van der Waals surface area contributed by atoms with Crippen LogP contribution in [-0.4, -0.2) is 69.0 Å². The van der Waals surface area contributed by atoms with Gasteiger partial charge >= 0.3 is 0 Å². The minimum Gasteiger partial charge on any atom is -0.378 e. The minimum atomic E-state index is -3.98. The molecule has 0 bridgehead atoms. The van der Waals surface area contributed by atoms with Gasteiger partial charge in [0.15, 0.2) is 0 Å². The molecule has 3 rings (SSSR count). The second kappa shape index (κ2) is 10.7. The molecule has 1 aliphatic heterocycles. The van der Waals surface area contributed by atoms with Crippen LogP contribution in [-0.2, 0) is 10.0 Å². The maximum Gasteiger partial charge on any atom is 0.293 e. The standard InChI is InChI=1S/C24H35N5O4S/c1-17(2)24(28-12-10-27(5)11-13-28)16-25-22-9-7-20(15-23(22)29(30)31)34(32,33)26-21-8-6-18(3)14-19(21)4/h6-9,14-15,17,24-26H,10-13,16H2,1-5H3. The fourth-order valence-corrected chi connectivity index (χ4v) is 5.42. The van der Waals surface area contributed by atoms with Crippen molar-refractivity contribution in [2.75, 3.05) is 49.8 Å². The fourth-order valence-electron chi connectivity index (χ4n) is 4.27. The summed E-state index contributed by atoms with van der Waals surface area (Å²) in [6.07, 6.45) is 0. The highest BCUT2D eigenvalue weighted by Crippen LogP contribution is 2.30. The molecule has 0 radical (unpaired) electrons. The van der Waals surface area contributed by atoms with Crippen molar-refractivity contribution in [1.82, 2.24) is 9.80 Å². The first-order valence-corrected chi connectivity index (χ1v) is 13.0. The number of rotatable bonds is 9. The second-order valence-corrected chi connectivity index (χ2v) is 11.1. The smallest absolute Gasteiger partial charge is 0.293 e. The predicted octanol–water partition coefficient (Wildman–Crippen LogP) is 3.70. The van der Waals surface area contributed by atoms with Gasteiger partial charge in [-0.25, -0.2) is 8.42 Å². The first-order valence-electron chi connectivity index (χ1n) is 11.5. The summed E-state index contributed by atoms with van der Waals surface area (Å²) in [6.45, 7) is 12.4. The molecule has 0 spiro atoms. The molecule has 34 heavy (non-hydrogen) atoms. The Hall–Kier alpha value is -2.69. The van der Waals surface area contributed by atoms with E-state index in [9.17, 15) is 18.5 Å². The van der Waals surface area contributed by atoms with Crippen LogP contribution in [0.25, 0.3) is 0 Å². The van der Waals surface area contributed by atoms with Gasteiger partial charge in [-0.05, 0) is 50.6 Å². The topological polar surface area (TPSA) is 108 Å². The molecule has 2 aromatic carbocycles. The molecule has 0 saturated carbocycles. The van der Waals surface area contributed by atoms with Gasteiger partial charge in [-0.2, -0.15) is 0 Å². The highest BCUT2D eigenvalue weighted by atomic mass is 32.2. The van der Waals surface area contributed by atoms with Crippen molar-refractivity contribution < 1.29 is 13.3 Å². The number of sulfonamides is 1. The number of piperazine rings is 1. The molecule has 10 heteroatoms. The number of nitrogens with one attached hydrogen (secondary N) is 2. The molecule has 0 amide bonds. The number of likely N-dealkylation sites (N-methyl/N-ethyl adjacent to an activating group) is 1. The van der Waals surface area contributed by atoms with Gasteiger partial charge in [0.25, 0.3) is 15.7 Å². The third-order valence-corrected chi connectivity index (χ3v) is 7.74. The maximum absolute atomic E-state index is 12.9. The lowest BCUT2D eigenvalue weighted by Gasteiger charge is -2.40. The zero-order valence-electron chi connectivity index (χ0n) is 20.5. The number of aryl methyl sites for hydroxylation is 2. The number of anilines is 2. The SMILES string of the molecule is Cc1ccc(NS(=O)(=O)c2ccc(NCC(C(C)C)N3CCN(C)CC3)c([N+](=O)[O-])c2)c(C)c1. The van der Waals surface area contributed by atoms with E-state index in [0.29, 0.717) is 23.8 Å². The lowest BCUT2D eigenvalue weighted by molar-refractivity contribution is -0.384. The van der Waals surface area contributed by atoms with Gasteiger partial charge in [-0.15, -0.1) is 0 Å². The van der Waals surface area contributed by atoms with Crippen LogP contribution in [0.1, 0.15) is 25.0 Å². The van der Waals surface area contributed by atoms with Crippen molar-refractivity contribution in [2.45, 2.75) is 38.6 Å². The number of hydrogen-bond donors (Lipinski definition) is 2. The molecule has 0 aliphatic carbocycles. The molecule has 1 fully saturated rings. The summed E-state index contributed by atoms with van der Waals surface area (Å²) < 4.78 is 28.4. The molecule has 1 atom stereocenters. The first-order chi connectivity index (χ1) is 16.0. The van der Waals surface area contributed by atoms with Crippen molar-refractivity contribution in [3.05, 3.63) is 57.6 Å². The highest BCUT2D eigenvalue weighted by molar-refractivity contribution is 7.92. The van der Waals surface area contributed by atoms with Crippen LogP contribution in [0.5, 0.6) is 0 Å². The van der Waals surface area contributed by atoms with E-state index in [1.54, 1.807) is 6.07 Å². The molecular formula is C24H35N5O4S. The summed E-state index contributed by atoms with van der Waals surface area (Å²) in [5.41, 5.74) is 2.30. The largest absolute Gasteiger partial charge is 0.378 e. The molecule has 1 unspecified atom stereocenters. The molecule has 1 heterocycles. The van der Waals surface area contributed by atoms with Crippen LogP contribution in [0.2, 0.25) is 0 Å². The average Bonchev–Trinajstić information content (AvgIpc) is 2.76. The van der Waals surface area contributed by atoms with E-state index in [-0.39, 0.29) is 16.6 Å². The number of nitrogens with zero attached hydrogens (tertiary/aromatic N) is 3. The predicted molar refractivity (Wildman–Crippen MR) is 136 cm³/mol. The molecule has 2 N–H and O–H groups in total. The van der Waals surface area contributed by atoms with Gasteiger partial charge in [-0.3, -0.25) is 19.7 Å². The Labute approximate surface area is 202 Å². The van der Waals surface area contributed by atoms with Crippen LogP contribution in [0.3, 0.4) is 0 Å². The lowest BCUT2D eigenvalue weighted by Crippen LogP contribution is -2.52. The van der Waals surface area contributed by atoms with Crippen molar-refractivity contribution in [3.63, 3.8) is 0 Å². The van der Waals surface area contributed by atoms with E-state index < -0.39 is 14.9 Å². The first kappa shape index (κ1) is 25.9. The van der Waals surface area contributed by atoms with E-state index >= 15 is 0 Å². The number of nitro groups is 1. The van der Waals surface area contributed by atoms with Crippen LogP contribution >= 0.6 is 0 Å². The van der Waals surface area contributed by atoms with Crippen molar-refractivity contribution in [2.24, 2.45) is 5.92 Å². The summed E-state index contributed by atoms with van der Waals surface area (Å²) in [5, 5.41) is 15.0. The van der Waals surface area contributed by atoms with Crippen LogP contribution in [0.15, 0.2) is 41.3 Å². The van der Waals surface area contributed by atoms with Crippen LogP contribution in [0.4, 0.5) is 17.1 Å². The molecule has 2 aromatic rings. The Morgan fingerprint density at radius 2 is 1.68 bits per heavy atom. The number of nitro benzene ring substituents is 1. The van der Waals surface area contributed by atoms with Gasteiger partial charge < -0.3 is 10.2 Å². The van der Waals surface area contributed by atoms with Crippen LogP contribution in [0, 0.1) is 29.9 Å². The summed E-state index contributed by atoms with van der Waals surface area (Å²) in [5.74, 6) is 0.358. The molecular weight excluding hydrogens is 454 g/mol. The van der Waals surface area contributed by atoms with E-state index in [4.69, 9.17) is 0 Å². The number of hydrogen-bond acceptors (Lipinski definition) is 7. The summed E-state index contributed by atoms with van der Waals surface area (Å²) in [7, 11) is -1.88. The highest BCUT2D eigenvalue weighted by Gasteiger charge is 2.27. The van der Waals surface area contributed by atoms with Crippen LogP contribution < -0.4 is 10.0 Å². The van der Waals surface area contributed by atoms with E-state index in [1.807, 2.05) is 26.0 Å². The van der Waals surface area contributed by atoms with E-state index in [2.05, 4.69) is 40.7 Å². The summed E-state index contributed by atoms with van der Waals surface area (Å²) in [6, 6.07) is 9.59. The zero-order valence-corrected chi connectivity index (χ0v) is 21.4. The molecule has 0 aromatic heterocycles. The van der Waals surface area contributed by atoms with Gasteiger partial charge in [0, 0.05) is 44.8 Å². The van der Waals surface area contributed by atoms with Crippen molar-refractivity contribution >= 4 is 27.1 Å². The monoisotopic (exact) mass is 489 g/mol. The summed E-state index contributed by atoms with van der Waals surface area (Å²) >= 11 is 0. The Balaban J connectivity index is 1.80. The average molecular weight is 490 g/mol. The Morgan fingerprint density at radius 1 is 1.03 bits per heavy atom. The van der Waals surface area contributed by atoms with Gasteiger partial charge in [0.1, 0.15) is 5.69 Å². The molecule has 1 saturated heterocycles. The van der Waals surface area contributed by atoms with Gasteiger partial charge in [0.2, 0.25) is 0 Å². The number of benzene rings is 2. The lowest BCUT2D eigenvalue weighted by atomic mass is 10.0. The molecule has 186 valence electrons. The second-order valence-electron chi connectivity index (χ2n) is 9.39. The van der Waals surface area contributed by atoms with E-state index in [1.165, 1.54) is 12.1 Å². The zero-order chi connectivity index (χ0) is 25.0. The third kappa shape index (κ3) is 6.25.